The van der Waals surface area contributed by atoms with Crippen molar-refractivity contribution in [3.63, 3.8) is 0 Å². The molecule has 1 saturated heterocycles. The molecule has 0 aromatic carbocycles. The van der Waals surface area contributed by atoms with Crippen LogP contribution in [0.1, 0.15) is 48.5 Å². The highest BCUT2D eigenvalue weighted by Crippen LogP contribution is 2.27. The van der Waals surface area contributed by atoms with Gasteiger partial charge >= 0.3 is 0 Å². The number of hydrogen-bond acceptors (Lipinski definition) is 5. The first kappa shape index (κ1) is 13.9. The van der Waals surface area contributed by atoms with Crippen molar-refractivity contribution in [2.75, 3.05) is 26.3 Å². The van der Waals surface area contributed by atoms with Crippen LogP contribution in [-0.4, -0.2) is 36.5 Å². The van der Waals surface area contributed by atoms with Crippen molar-refractivity contribution in [3.05, 3.63) is 10.0 Å². The summed E-state index contributed by atoms with van der Waals surface area (Å²) in [7, 11) is 0. The Morgan fingerprint density at radius 1 is 1.39 bits per heavy atom. The Hall–Kier alpha value is -0.520. The zero-order valence-corrected chi connectivity index (χ0v) is 12.0. The van der Waals surface area contributed by atoms with Gasteiger partial charge in [-0.3, -0.25) is 0 Å². The van der Waals surface area contributed by atoms with Gasteiger partial charge in [-0.2, -0.15) is 0 Å². The van der Waals surface area contributed by atoms with E-state index in [2.05, 4.69) is 22.4 Å². The van der Waals surface area contributed by atoms with E-state index in [0.717, 1.165) is 45.6 Å². The molecular weight excluding hydrogens is 246 g/mol. The highest BCUT2D eigenvalue weighted by Gasteiger charge is 2.19. The molecule has 0 saturated carbocycles. The Bertz CT molecular complexity index is 337. The zero-order valence-electron chi connectivity index (χ0n) is 11.2. The van der Waals surface area contributed by atoms with Gasteiger partial charge in [-0.15, -0.1) is 21.5 Å². The molecule has 4 nitrogen and oxygen atoms in total. The molecule has 1 atom stereocenters. The minimum atomic E-state index is 0.489. The van der Waals surface area contributed by atoms with Gasteiger partial charge in [0.25, 0.3) is 0 Å². The molecule has 1 fully saturated rings. The van der Waals surface area contributed by atoms with E-state index in [0.29, 0.717) is 5.92 Å². The summed E-state index contributed by atoms with van der Waals surface area (Å²) in [4.78, 5) is 0. The fourth-order valence-corrected chi connectivity index (χ4v) is 3.14. The van der Waals surface area contributed by atoms with Crippen LogP contribution >= 0.6 is 11.3 Å². The molecule has 0 radical (unpaired) electrons. The van der Waals surface area contributed by atoms with Crippen LogP contribution in [0.2, 0.25) is 0 Å². The van der Waals surface area contributed by atoms with Crippen LogP contribution in [-0.2, 0) is 11.2 Å². The van der Waals surface area contributed by atoms with E-state index in [9.17, 15) is 0 Å². The van der Waals surface area contributed by atoms with Crippen molar-refractivity contribution in [2.24, 2.45) is 0 Å². The average Bonchev–Trinajstić information content (AvgIpc) is 2.88. The van der Waals surface area contributed by atoms with E-state index in [4.69, 9.17) is 4.74 Å². The monoisotopic (exact) mass is 269 g/mol. The van der Waals surface area contributed by atoms with Crippen LogP contribution in [0.15, 0.2) is 0 Å². The first-order valence-electron chi connectivity index (χ1n) is 7.01. The molecule has 102 valence electrons. The number of aryl methyl sites for hydroxylation is 1. The largest absolute Gasteiger partial charge is 0.381 e. The third-order valence-electron chi connectivity index (χ3n) is 3.16. The Kier molecular flexibility index (Phi) is 6.04. The number of hydrogen-bond donors (Lipinski definition) is 1. The maximum absolute atomic E-state index is 5.50. The van der Waals surface area contributed by atoms with Crippen LogP contribution < -0.4 is 5.32 Å². The topological polar surface area (TPSA) is 47.0 Å². The van der Waals surface area contributed by atoms with Crippen LogP contribution in [0.5, 0.6) is 0 Å². The normalized spacial score (nSPS) is 20.2. The van der Waals surface area contributed by atoms with E-state index in [-0.39, 0.29) is 0 Å². The Morgan fingerprint density at radius 3 is 3.11 bits per heavy atom. The van der Waals surface area contributed by atoms with Crippen molar-refractivity contribution in [2.45, 2.75) is 44.9 Å². The summed E-state index contributed by atoms with van der Waals surface area (Å²) in [6.07, 6.45) is 5.75. The predicted molar refractivity (Wildman–Crippen MR) is 74.2 cm³/mol. The van der Waals surface area contributed by atoms with Gasteiger partial charge in [0, 0.05) is 18.9 Å². The van der Waals surface area contributed by atoms with Gasteiger partial charge in [-0.25, -0.2) is 0 Å². The molecule has 1 aliphatic rings. The quantitative estimate of drug-likeness (QED) is 0.772. The predicted octanol–water partition coefficient (Wildman–Crippen LogP) is 2.36. The van der Waals surface area contributed by atoms with Crippen LogP contribution in [0.25, 0.3) is 0 Å². The standard InChI is InChI=1S/C13H23N3OS/c1-2-7-14-8-3-6-12-15-16-13(18-12)11-5-4-9-17-10-11/h11,14H,2-10H2,1H3. The Labute approximate surface area is 113 Å². The van der Waals surface area contributed by atoms with E-state index in [1.54, 1.807) is 11.3 Å². The highest BCUT2D eigenvalue weighted by molar-refractivity contribution is 7.11. The number of ether oxygens (including phenoxy) is 1. The van der Waals surface area contributed by atoms with Crippen molar-refractivity contribution in [3.8, 4) is 0 Å². The molecule has 2 rings (SSSR count). The van der Waals surface area contributed by atoms with E-state index >= 15 is 0 Å². The summed E-state index contributed by atoms with van der Waals surface area (Å²) in [5, 5.41) is 14.4. The number of nitrogens with zero attached hydrogens (tertiary/aromatic N) is 2. The smallest absolute Gasteiger partial charge is 0.122 e. The number of nitrogens with one attached hydrogen (secondary N) is 1. The Morgan fingerprint density at radius 2 is 2.33 bits per heavy atom. The van der Waals surface area contributed by atoms with Crippen LogP contribution in [0, 0.1) is 0 Å². The highest BCUT2D eigenvalue weighted by atomic mass is 32.1. The molecule has 0 bridgehead atoms. The molecular formula is C13H23N3OS. The summed E-state index contributed by atoms with van der Waals surface area (Å²) in [5.74, 6) is 0.489. The van der Waals surface area contributed by atoms with Gasteiger partial charge in [0.2, 0.25) is 0 Å². The first-order chi connectivity index (χ1) is 8.90. The van der Waals surface area contributed by atoms with Crippen LogP contribution in [0.4, 0.5) is 0 Å². The molecule has 1 N–H and O–H groups in total. The molecule has 2 heterocycles. The zero-order chi connectivity index (χ0) is 12.6. The number of rotatable bonds is 7. The minimum absolute atomic E-state index is 0.489. The lowest BCUT2D eigenvalue weighted by Gasteiger charge is -2.19. The molecule has 5 heteroatoms. The molecule has 1 aromatic heterocycles. The van der Waals surface area contributed by atoms with Crippen molar-refractivity contribution >= 4 is 11.3 Å². The lowest BCUT2D eigenvalue weighted by atomic mass is 10.0. The van der Waals surface area contributed by atoms with E-state index < -0.39 is 0 Å². The van der Waals surface area contributed by atoms with Gasteiger partial charge in [0.1, 0.15) is 10.0 Å². The second-order valence-corrected chi connectivity index (χ2v) is 5.90. The molecule has 1 unspecified atom stereocenters. The summed E-state index contributed by atoms with van der Waals surface area (Å²) < 4.78 is 5.50. The lowest BCUT2D eigenvalue weighted by Crippen LogP contribution is -2.16. The first-order valence-corrected chi connectivity index (χ1v) is 7.82. The van der Waals surface area contributed by atoms with Crippen molar-refractivity contribution in [1.29, 1.82) is 0 Å². The van der Waals surface area contributed by atoms with Gasteiger partial charge in [0.15, 0.2) is 0 Å². The molecule has 1 aliphatic heterocycles. The fraction of sp³-hybridized carbons (Fsp3) is 0.846. The Balaban J connectivity index is 1.72. The molecule has 0 spiro atoms. The molecule has 1 aromatic rings. The minimum Gasteiger partial charge on any atom is -0.381 e. The second-order valence-electron chi connectivity index (χ2n) is 4.80. The van der Waals surface area contributed by atoms with E-state index in [1.165, 1.54) is 22.9 Å². The lowest BCUT2D eigenvalue weighted by molar-refractivity contribution is 0.0802. The molecule has 18 heavy (non-hydrogen) atoms. The van der Waals surface area contributed by atoms with Gasteiger partial charge < -0.3 is 10.1 Å². The molecule has 0 aliphatic carbocycles. The van der Waals surface area contributed by atoms with Gasteiger partial charge in [-0.1, -0.05) is 6.92 Å². The van der Waals surface area contributed by atoms with E-state index in [1.807, 2.05) is 0 Å². The summed E-state index contributed by atoms with van der Waals surface area (Å²) >= 11 is 1.77. The van der Waals surface area contributed by atoms with Crippen molar-refractivity contribution in [1.82, 2.24) is 15.5 Å². The molecule has 0 amide bonds. The van der Waals surface area contributed by atoms with Gasteiger partial charge in [0.05, 0.1) is 6.61 Å². The third-order valence-corrected chi connectivity index (χ3v) is 4.31. The van der Waals surface area contributed by atoms with Crippen LogP contribution in [0.3, 0.4) is 0 Å². The average molecular weight is 269 g/mol. The second kappa shape index (κ2) is 7.81. The fourth-order valence-electron chi connectivity index (χ4n) is 2.13. The summed E-state index contributed by atoms with van der Waals surface area (Å²) in [5.41, 5.74) is 0. The maximum atomic E-state index is 5.50. The van der Waals surface area contributed by atoms with Gasteiger partial charge in [-0.05, 0) is 38.8 Å². The number of aromatic nitrogens is 2. The van der Waals surface area contributed by atoms with Crippen molar-refractivity contribution < 1.29 is 4.74 Å². The summed E-state index contributed by atoms with van der Waals surface area (Å²) in [6.45, 7) is 6.12. The SMILES string of the molecule is CCCNCCCc1nnc(C2CCCOC2)s1. The third kappa shape index (κ3) is 4.30. The maximum Gasteiger partial charge on any atom is 0.122 e. The summed E-state index contributed by atoms with van der Waals surface area (Å²) in [6, 6.07) is 0.